The van der Waals surface area contributed by atoms with E-state index < -0.39 is 0 Å². The van der Waals surface area contributed by atoms with Gasteiger partial charge in [-0.15, -0.1) is 0 Å². The van der Waals surface area contributed by atoms with E-state index in [-0.39, 0.29) is 12.6 Å². The highest BCUT2D eigenvalue weighted by Crippen LogP contribution is 2.15. The van der Waals surface area contributed by atoms with Crippen molar-refractivity contribution in [3.8, 4) is 0 Å². The van der Waals surface area contributed by atoms with E-state index in [9.17, 15) is 5.11 Å². The third kappa shape index (κ3) is 3.57. The zero-order valence-electron chi connectivity index (χ0n) is 9.96. The first-order valence-electron chi connectivity index (χ1n) is 5.85. The molecule has 96 valence electrons. The molecule has 5 heteroatoms. The second kappa shape index (κ2) is 6.54. The van der Waals surface area contributed by atoms with E-state index in [1.165, 1.54) is 0 Å². The summed E-state index contributed by atoms with van der Waals surface area (Å²) in [5, 5.41) is 13.4. The van der Waals surface area contributed by atoms with Crippen LogP contribution in [0.25, 0.3) is 0 Å². The molecule has 2 rings (SSSR count). The highest BCUT2D eigenvalue weighted by atomic mass is 35.5. The van der Waals surface area contributed by atoms with Gasteiger partial charge in [0.15, 0.2) is 0 Å². The summed E-state index contributed by atoms with van der Waals surface area (Å²) in [5.74, 6) is 0. The number of aromatic nitrogens is 2. The Morgan fingerprint density at radius 2 is 2.11 bits per heavy atom. The van der Waals surface area contributed by atoms with Crippen molar-refractivity contribution in [1.82, 2.24) is 14.9 Å². The van der Waals surface area contributed by atoms with Crippen LogP contribution in [0.1, 0.15) is 11.6 Å². The van der Waals surface area contributed by atoms with Crippen LogP contribution in [0.4, 0.5) is 0 Å². The van der Waals surface area contributed by atoms with Gasteiger partial charge in [0.05, 0.1) is 19.0 Å². The van der Waals surface area contributed by atoms with Crippen LogP contribution in [0.2, 0.25) is 5.02 Å². The minimum absolute atomic E-state index is 0.0611. The number of rotatable bonds is 6. The molecule has 0 unspecified atom stereocenters. The van der Waals surface area contributed by atoms with Crippen molar-refractivity contribution >= 4 is 11.6 Å². The van der Waals surface area contributed by atoms with Crippen LogP contribution in [-0.2, 0) is 6.54 Å². The number of aliphatic hydroxyl groups is 1. The highest BCUT2D eigenvalue weighted by Gasteiger charge is 2.08. The van der Waals surface area contributed by atoms with Gasteiger partial charge in [0.2, 0.25) is 0 Å². The molecule has 0 aliphatic heterocycles. The minimum atomic E-state index is -0.0641. The Morgan fingerprint density at radius 1 is 1.33 bits per heavy atom. The molecule has 0 aliphatic rings. The van der Waals surface area contributed by atoms with Crippen molar-refractivity contribution in [3.05, 3.63) is 53.6 Å². The first-order chi connectivity index (χ1) is 8.79. The molecule has 0 saturated carbocycles. The third-order valence-electron chi connectivity index (χ3n) is 2.77. The van der Waals surface area contributed by atoms with Gasteiger partial charge in [-0.2, -0.15) is 0 Å². The molecular formula is C13H16ClN3O. The van der Waals surface area contributed by atoms with Crippen molar-refractivity contribution in [2.75, 3.05) is 13.2 Å². The van der Waals surface area contributed by atoms with Crippen molar-refractivity contribution < 1.29 is 5.11 Å². The van der Waals surface area contributed by atoms with Crippen molar-refractivity contribution in [2.45, 2.75) is 12.6 Å². The lowest BCUT2D eigenvalue weighted by molar-refractivity contribution is 0.243. The number of nitrogens with one attached hydrogen (secondary N) is 1. The van der Waals surface area contributed by atoms with Gasteiger partial charge in [0.1, 0.15) is 0 Å². The highest BCUT2D eigenvalue weighted by molar-refractivity contribution is 6.30. The van der Waals surface area contributed by atoms with Gasteiger partial charge in [-0.25, -0.2) is 4.98 Å². The standard InChI is InChI=1S/C13H16ClN3O/c14-12-3-1-11(2-4-12)13(9-18)16-6-8-17-7-5-15-10-17/h1-5,7,10,13,16,18H,6,8-9H2/t13-/m1/s1. The summed E-state index contributed by atoms with van der Waals surface area (Å²) in [4.78, 5) is 3.98. The number of imidazole rings is 1. The van der Waals surface area contributed by atoms with Gasteiger partial charge in [-0.05, 0) is 17.7 Å². The van der Waals surface area contributed by atoms with E-state index in [4.69, 9.17) is 11.6 Å². The summed E-state index contributed by atoms with van der Waals surface area (Å²) in [6.07, 6.45) is 5.44. The summed E-state index contributed by atoms with van der Waals surface area (Å²) < 4.78 is 1.99. The smallest absolute Gasteiger partial charge is 0.0946 e. The maximum Gasteiger partial charge on any atom is 0.0946 e. The van der Waals surface area contributed by atoms with Crippen LogP contribution in [0.15, 0.2) is 43.0 Å². The summed E-state index contributed by atoms with van der Waals surface area (Å²) >= 11 is 5.84. The molecule has 1 heterocycles. The van der Waals surface area contributed by atoms with E-state index in [2.05, 4.69) is 10.3 Å². The Kier molecular flexibility index (Phi) is 4.75. The fraction of sp³-hybridized carbons (Fsp3) is 0.308. The number of hydrogen-bond acceptors (Lipinski definition) is 3. The molecule has 0 spiro atoms. The van der Waals surface area contributed by atoms with Gasteiger partial charge < -0.3 is 15.0 Å². The largest absolute Gasteiger partial charge is 0.394 e. The molecule has 0 bridgehead atoms. The average Bonchev–Trinajstić information content (AvgIpc) is 2.89. The van der Waals surface area contributed by atoms with Crippen LogP contribution >= 0.6 is 11.6 Å². The first kappa shape index (κ1) is 13.1. The Balaban J connectivity index is 1.87. The van der Waals surface area contributed by atoms with E-state index in [1.54, 1.807) is 12.5 Å². The van der Waals surface area contributed by atoms with Crippen LogP contribution in [0, 0.1) is 0 Å². The predicted octanol–water partition coefficient (Wildman–Crippen LogP) is 1.86. The molecule has 0 saturated heterocycles. The Hall–Kier alpha value is -1.36. The van der Waals surface area contributed by atoms with Crippen LogP contribution in [0.3, 0.4) is 0 Å². The van der Waals surface area contributed by atoms with Crippen LogP contribution < -0.4 is 5.32 Å². The van der Waals surface area contributed by atoms with E-state index in [0.717, 1.165) is 18.7 Å². The number of aliphatic hydroxyl groups excluding tert-OH is 1. The number of nitrogens with zero attached hydrogens (tertiary/aromatic N) is 2. The second-order valence-corrected chi connectivity index (χ2v) is 4.48. The SMILES string of the molecule is OC[C@@H](NCCn1ccnc1)c1ccc(Cl)cc1. The Bertz CT molecular complexity index is 456. The van der Waals surface area contributed by atoms with Crippen molar-refractivity contribution in [1.29, 1.82) is 0 Å². The molecular weight excluding hydrogens is 250 g/mol. The van der Waals surface area contributed by atoms with Crippen LogP contribution in [-0.4, -0.2) is 27.8 Å². The average molecular weight is 266 g/mol. The summed E-state index contributed by atoms with van der Waals surface area (Å²) in [6, 6.07) is 7.44. The quantitative estimate of drug-likeness (QED) is 0.838. The molecule has 2 N–H and O–H groups in total. The van der Waals surface area contributed by atoms with Gasteiger partial charge in [-0.3, -0.25) is 0 Å². The molecule has 2 aromatic rings. The minimum Gasteiger partial charge on any atom is -0.394 e. The van der Waals surface area contributed by atoms with E-state index in [1.807, 2.05) is 35.0 Å². The van der Waals surface area contributed by atoms with Gasteiger partial charge in [0, 0.05) is 30.5 Å². The molecule has 0 aliphatic carbocycles. The summed E-state index contributed by atoms with van der Waals surface area (Å²) in [6.45, 7) is 1.65. The fourth-order valence-electron chi connectivity index (χ4n) is 1.77. The molecule has 0 fully saturated rings. The van der Waals surface area contributed by atoms with Crippen LogP contribution in [0.5, 0.6) is 0 Å². The lowest BCUT2D eigenvalue weighted by atomic mass is 10.1. The van der Waals surface area contributed by atoms with Gasteiger partial charge >= 0.3 is 0 Å². The predicted molar refractivity (Wildman–Crippen MR) is 71.5 cm³/mol. The normalized spacial score (nSPS) is 12.6. The molecule has 1 atom stereocenters. The molecule has 0 radical (unpaired) electrons. The molecule has 0 amide bonds. The zero-order chi connectivity index (χ0) is 12.8. The summed E-state index contributed by atoms with van der Waals surface area (Å²) in [7, 11) is 0. The lowest BCUT2D eigenvalue weighted by Gasteiger charge is -2.17. The number of benzene rings is 1. The van der Waals surface area contributed by atoms with E-state index >= 15 is 0 Å². The maximum atomic E-state index is 9.39. The van der Waals surface area contributed by atoms with E-state index in [0.29, 0.717) is 5.02 Å². The molecule has 1 aromatic heterocycles. The fourth-order valence-corrected chi connectivity index (χ4v) is 1.90. The Morgan fingerprint density at radius 3 is 2.72 bits per heavy atom. The summed E-state index contributed by atoms with van der Waals surface area (Å²) in [5.41, 5.74) is 1.03. The van der Waals surface area contributed by atoms with Gasteiger partial charge in [-0.1, -0.05) is 23.7 Å². The topological polar surface area (TPSA) is 50.1 Å². The monoisotopic (exact) mass is 265 g/mol. The maximum absolute atomic E-state index is 9.39. The zero-order valence-corrected chi connectivity index (χ0v) is 10.7. The first-order valence-corrected chi connectivity index (χ1v) is 6.23. The Labute approximate surface area is 111 Å². The molecule has 4 nitrogen and oxygen atoms in total. The van der Waals surface area contributed by atoms with Gasteiger partial charge in [0.25, 0.3) is 0 Å². The number of hydrogen-bond donors (Lipinski definition) is 2. The van der Waals surface area contributed by atoms with Crippen molar-refractivity contribution in [3.63, 3.8) is 0 Å². The third-order valence-corrected chi connectivity index (χ3v) is 3.03. The number of halogens is 1. The lowest BCUT2D eigenvalue weighted by Crippen LogP contribution is -2.27. The van der Waals surface area contributed by atoms with Crippen molar-refractivity contribution in [2.24, 2.45) is 0 Å². The molecule has 1 aromatic carbocycles. The second-order valence-electron chi connectivity index (χ2n) is 4.04. The molecule has 18 heavy (non-hydrogen) atoms.